The number of aromatic amines is 1. The molecule has 1 aliphatic carbocycles. The molecular formula is C32H42FN3O5Si. The second kappa shape index (κ2) is 12.8. The molecule has 2 heterocycles. The maximum Gasteiger partial charge on any atom is 0.330 e. The summed E-state index contributed by atoms with van der Waals surface area (Å²) in [6.45, 7) is 6.71. The fourth-order valence-corrected chi connectivity index (χ4v) is 11.4. The molecule has 1 aromatic heterocycles. The molecule has 2 aliphatic rings. The van der Waals surface area contributed by atoms with Crippen LogP contribution in [0.5, 0.6) is 0 Å². The standard InChI is InChI=1S/C32H42FN3O5Si/c1-32(2,3)42(24-15-9-5-10-16-24,25-17-11-6-12-18-25)40-22-26-29(35(39)21-23-13-7-4-8-14-23)28(33)30(41-26)36-27(37)19-20-34-31(36)38/h5-6,9-12,15-20,23,26,28-30,39H,4,7-8,13-14,21-22H2,1-3H3,(H,34,38)/t26-,28+,29-,30-/m1/s1. The number of nitrogens with zero attached hydrogens (tertiary/aromatic N) is 2. The molecule has 0 spiro atoms. The molecule has 1 saturated heterocycles. The second-order valence-corrected chi connectivity index (χ2v) is 16.9. The first-order valence-electron chi connectivity index (χ1n) is 14.9. The van der Waals surface area contributed by atoms with Gasteiger partial charge < -0.3 is 19.4 Å². The van der Waals surface area contributed by atoms with Crippen LogP contribution in [0.3, 0.4) is 0 Å². The van der Waals surface area contributed by atoms with Crippen molar-refractivity contribution < 1.29 is 18.8 Å². The number of nitrogens with one attached hydrogen (secondary N) is 1. The Kier molecular flexibility index (Phi) is 9.29. The number of rotatable bonds is 9. The zero-order valence-corrected chi connectivity index (χ0v) is 25.6. The van der Waals surface area contributed by atoms with Gasteiger partial charge in [-0.3, -0.25) is 4.79 Å². The molecule has 5 rings (SSSR count). The van der Waals surface area contributed by atoms with Crippen molar-refractivity contribution in [3.8, 4) is 0 Å². The van der Waals surface area contributed by atoms with Crippen molar-refractivity contribution in [3.05, 3.63) is 93.8 Å². The van der Waals surface area contributed by atoms with Gasteiger partial charge in [-0.1, -0.05) is 101 Å². The van der Waals surface area contributed by atoms with Gasteiger partial charge in [0.05, 0.1) is 12.6 Å². The molecule has 3 aromatic rings. The largest absolute Gasteiger partial charge is 0.405 e. The number of halogens is 1. The molecule has 2 aromatic carbocycles. The molecule has 1 aliphatic heterocycles. The van der Waals surface area contributed by atoms with Gasteiger partial charge in [0, 0.05) is 18.8 Å². The zero-order valence-electron chi connectivity index (χ0n) is 24.6. The molecule has 4 atom stereocenters. The summed E-state index contributed by atoms with van der Waals surface area (Å²) in [5.74, 6) is 0.232. The summed E-state index contributed by atoms with van der Waals surface area (Å²) >= 11 is 0. The van der Waals surface area contributed by atoms with Gasteiger partial charge in [0.15, 0.2) is 12.4 Å². The molecule has 10 heteroatoms. The van der Waals surface area contributed by atoms with Crippen molar-refractivity contribution >= 4 is 18.7 Å². The van der Waals surface area contributed by atoms with E-state index in [1.54, 1.807) is 0 Å². The molecule has 2 N–H and O–H groups in total. The Morgan fingerprint density at radius 1 is 1.00 bits per heavy atom. The minimum absolute atomic E-state index is 0.0317. The summed E-state index contributed by atoms with van der Waals surface area (Å²) in [7, 11) is -3.01. The molecule has 0 bridgehead atoms. The van der Waals surface area contributed by atoms with Gasteiger partial charge >= 0.3 is 5.69 Å². The van der Waals surface area contributed by atoms with Crippen molar-refractivity contribution in [1.82, 2.24) is 14.6 Å². The molecule has 2 fully saturated rings. The van der Waals surface area contributed by atoms with Crippen LogP contribution in [0.2, 0.25) is 5.04 Å². The number of benzene rings is 2. The number of hydroxylamine groups is 2. The van der Waals surface area contributed by atoms with Crippen molar-refractivity contribution in [2.75, 3.05) is 13.2 Å². The predicted molar refractivity (Wildman–Crippen MR) is 163 cm³/mol. The quantitative estimate of drug-likeness (QED) is 0.287. The second-order valence-electron chi connectivity index (χ2n) is 12.6. The van der Waals surface area contributed by atoms with E-state index in [-0.39, 0.29) is 24.1 Å². The topological polar surface area (TPSA) is 96.8 Å². The summed E-state index contributed by atoms with van der Waals surface area (Å²) in [5, 5.41) is 14.2. The van der Waals surface area contributed by atoms with Gasteiger partial charge in [0.2, 0.25) is 0 Å². The van der Waals surface area contributed by atoms with Gasteiger partial charge in [-0.2, -0.15) is 5.06 Å². The third-order valence-electron chi connectivity index (χ3n) is 8.83. The Labute approximate surface area is 247 Å². The average molecular weight is 596 g/mol. The first kappa shape index (κ1) is 30.6. The lowest BCUT2D eigenvalue weighted by Crippen LogP contribution is -2.67. The van der Waals surface area contributed by atoms with E-state index in [4.69, 9.17) is 9.16 Å². The van der Waals surface area contributed by atoms with E-state index in [9.17, 15) is 14.8 Å². The van der Waals surface area contributed by atoms with Crippen LogP contribution in [0.1, 0.15) is 59.1 Å². The Bertz CT molecular complexity index is 1350. The zero-order chi connectivity index (χ0) is 29.9. The predicted octanol–water partition coefficient (Wildman–Crippen LogP) is 3.99. The Morgan fingerprint density at radius 2 is 1.60 bits per heavy atom. The normalized spacial score (nSPS) is 23.9. The van der Waals surface area contributed by atoms with Gasteiger partial charge in [0.25, 0.3) is 13.9 Å². The summed E-state index contributed by atoms with van der Waals surface area (Å²) in [6, 6.07) is 20.2. The molecule has 1 saturated carbocycles. The molecule has 8 nitrogen and oxygen atoms in total. The third kappa shape index (κ3) is 5.96. The van der Waals surface area contributed by atoms with E-state index in [0.29, 0.717) is 0 Å². The van der Waals surface area contributed by atoms with Gasteiger partial charge in [0.1, 0.15) is 6.10 Å². The summed E-state index contributed by atoms with van der Waals surface area (Å²) in [6.07, 6.45) is 2.20. The summed E-state index contributed by atoms with van der Waals surface area (Å²) in [4.78, 5) is 27.8. The van der Waals surface area contributed by atoms with E-state index in [2.05, 4.69) is 50.0 Å². The van der Waals surface area contributed by atoms with Crippen LogP contribution in [-0.4, -0.2) is 59.6 Å². The van der Waals surface area contributed by atoms with Crippen LogP contribution >= 0.6 is 0 Å². The Balaban J connectivity index is 1.52. The minimum Gasteiger partial charge on any atom is -0.405 e. The van der Waals surface area contributed by atoms with Crippen LogP contribution in [0.4, 0.5) is 4.39 Å². The summed E-state index contributed by atoms with van der Waals surface area (Å²) in [5.41, 5.74) is -1.44. The van der Waals surface area contributed by atoms with Crippen LogP contribution in [0.25, 0.3) is 0 Å². The smallest absolute Gasteiger partial charge is 0.330 e. The first-order chi connectivity index (χ1) is 20.1. The number of hydrogen-bond donors (Lipinski definition) is 2. The van der Waals surface area contributed by atoms with Crippen molar-refractivity contribution in [2.24, 2.45) is 5.92 Å². The lowest BCUT2D eigenvalue weighted by molar-refractivity contribution is -0.163. The average Bonchev–Trinajstić information content (AvgIpc) is 3.29. The molecule has 0 radical (unpaired) electrons. The maximum absolute atomic E-state index is 16.4. The van der Waals surface area contributed by atoms with Crippen LogP contribution in [0.15, 0.2) is 82.5 Å². The number of hydrogen-bond acceptors (Lipinski definition) is 6. The van der Waals surface area contributed by atoms with Gasteiger partial charge in [-0.15, -0.1) is 0 Å². The monoisotopic (exact) mass is 595 g/mol. The van der Waals surface area contributed by atoms with E-state index in [1.165, 1.54) is 6.20 Å². The highest BCUT2D eigenvalue weighted by molar-refractivity contribution is 6.99. The molecule has 42 heavy (non-hydrogen) atoms. The Hall–Kier alpha value is -2.89. The van der Waals surface area contributed by atoms with Crippen molar-refractivity contribution in [3.63, 3.8) is 0 Å². The highest BCUT2D eigenvalue weighted by atomic mass is 28.4. The van der Waals surface area contributed by atoms with Gasteiger partial charge in [-0.05, 0) is 34.2 Å². The van der Waals surface area contributed by atoms with Gasteiger partial charge in [-0.25, -0.2) is 13.8 Å². The number of ether oxygens (including phenoxy) is 1. The highest BCUT2D eigenvalue weighted by Gasteiger charge is 2.54. The number of H-pyrrole nitrogens is 1. The highest BCUT2D eigenvalue weighted by Crippen LogP contribution is 2.39. The van der Waals surface area contributed by atoms with E-state index in [0.717, 1.165) is 58.2 Å². The lowest BCUT2D eigenvalue weighted by Gasteiger charge is -2.44. The number of alkyl halides is 1. The van der Waals surface area contributed by atoms with E-state index >= 15 is 4.39 Å². The minimum atomic E-state index is -3.01. The SMILES string of the molecule is CC(C)(C)[Si](OC[C@H]1O[C@@H](n2c(=O)cc[nH]c2=O)[C@@H](F)[C@@H]1N(O)CC1CCCCC1)(c1ccccc1)c1ccccc1. The van der Waals surface area contributed by atoms with Crippen molar-refractivity contribution in [1.29, 1.82) is 0 Å². The van der Waals surface area contributed by atoms with Crippen LogP contribution in [-0.2, 0) is 9.16 Å². The van der Waals surface area contributed by atoms with E-state index in [1.807, 2.05) is 36.4 Å². The number of aromatic nitrogens is 2. The fourth-order valence-electron chi connectivity index (χ4n) is 6.81. The molecular weight excluding hydrogens is 553 g/mol. The lowest BCUT2D eigenvalue weighted by atomic mass is 9.89. The molecule has 226 valence electrons. The summed E-state index contributed by atoms with van der Waals surface area (Å²) < 4.78 is 30.4. The maximum atomic E-state index is 16.4. The van der Waals surface area contributed by atoms with Crippen molar-refractivity contribution in [2.45, 2.75) is 82.5 Å². The van der Waals surface area contributed by atoms with Crippen LogP contribution in [0, 0.1) is 5.92 Å². The molecule has 0 unspecified atom stereocenters. The Morgan fingerprint density at radius 3 is 2.14 bits per heavy atom. The van der Waals surface area contributed by atoms with Crippen LogP contribution < -0.4 is 21.6 Å². The third-order valence-corrected chi connectivity index (χ3v) is 13.8. The van der Waals surface area contributed by atoms with E-state index < -0.39 is 44.1 Å². The first-order valence-corrected chi connectivity index (χ1v) is 16.8. The fraction of sp³-hybridized carbons (Fsp3) is 0.500. The molecule has 0 amide bonds.